The van der Waals surface area contributed by atoms with Gasteiger partial charge < -0.3 is 0 Å². The van der Waals surface area contributed by atoms with Gasteiger partial charge in [0.05, 0.1) is 15.9 Å². The lowest BCUT2D eigenvalue weighted by molar-refractivity contribution is 0.336. The molecule has 1 saturated carbocycles. The van der Waals surface area contributed by atoms with Crippen molar-refractivity contribution in [2.75, 3.05) is 0 Å². The van der Waals surface area contributed by atoms with Crippen LogP contribution in [0.1, 0.15) is 64.5 Å². The summed E-state index contributed by atoms with van der Waals surface area (Å²) < 4.78 is 1.23. The van der Waals surface area contributed by atoms with Crippen LogP contribution in [0.25, 0.3) is 32.2 Å². The quantitative estimate of drug-likeness (QED) is 0.340. The van der Waals surface area contributed by atoms with Gasteiger partial charge in [-0.15, -0.1) is 11.3 Å². The van der Waals surface area contributed by atoms with E-state index in [0.29, 0.717) is 5.41 Å². The van der Waals surface area contributed by atoms with Crippen LogP contribution in [-0.2, 0) is 11.8 Å². The second kappa shape index (κ2) is 7.16. The van der Waals surface area contributed by atoms with Gasteiger partial charge in [0.2, 0.25) is 0 Å². The van der Waals surface area contributed by atoms with Crippen molar-refractivity contribution < 1.29 is 0 Å². The number of hydrogen-bond acceptors (Lipinski definition) is 3. The molecule has 4 aromatic rings. The van der Waals surface area contributed by atoms with E-state index in [9.17, 15) is 0 Å². The zero-order valence-corrected chi connectivity index (χ0v) is 19.3. The molecule has 0 aliphatic heterocycles. The monoisotopic (exact) mass is 414 g/mol. The minimum absolute atomic E-state index is 0.0689. The number of rotatable bonds is 3. The van der Waals surface area contributed by atoms with Crippen LogP contribution in [0, 0.1) is 5.41 Å². The van der Waals surface area contributed by atoms with Crippen LogP contribution < -0.4 is 0 Å². The molecule has 2 nitrogen and oxygen atoms in total. The van der Waals surface area contributed by atoms with E-state index >= 15 is 0 Å². The maximum atomic E-state index is 4.77. The molecule has 2 heterocycles. The average molecular weight is 415 g/mol. The lowest BCUT2D eigenvalue weighted by atomic mass is 9.82. The first-order chi connectivity index (χ1) is 14.3. The molecule has 0 amide bonds. The van der Waals surface area contributed by atoms with Gasteiger partial charge in [0.25, 0.3) is 0 Å². The predicted octanol–water partition coefficient (Wildman–Crippen LogP) is 7.93. The van der Waals surface area contributed by atoms with Gasteiger partial charge in [-0.2, -0.15) is 0 Å². The molecule has 0 atom stereocenters. The van der Waals surface area contributed by atoms with Crippen LogP contribution in [0.2, 0.25) is 0 Å². The third-order valence-corrected chi connectivity index (χ3v) is 7.82. The summed E-state index contributed by atoms with van der Waals surface area (Å²) in [6.45, 7) is 9.32. The molecule has 1 aliphatic carbocycles. The normalized spacial score (nSPS) is 16.5. The van der Waals surface area contributed by atoms with Crippen molar-refractivity contribution in [1.82, 2.24) is 9.97 Å². The molecule has 0 saturated heterocycles. The third-order valence-electron chi connectivity index (χ3n) is 6.80. The summed E-state index contributed by atoms with van der Waals surface area (Å²) in [4.78, 5) is 9.50. The second-order valence-electron chi connectivity index (χ2n) is 10.4. The highest BCUT2D eigenvalue weighted by Gasteiger charge is 2.30. The molecule has 3 heteroatoms. The van der Waals surface area contributed by atoms with E-state index in [0.717, 1.165) is 17.6 Å². The molecule has 2 aromatic heterocycles. The van der Waals surface area contributed by atoms with Crippen molar-refractivity contribution >= 4 is 32.3 Å². The lowest BCUT2D eigenvalue weighted by Crippen LogP contribution is -2.14. The van der Waals surface area contributed by atoms with Crippen molar-refractivity contribution in [2.45, 2.75) is 65.2 Å². The molecule has 1 fully saturated rings. The average Bonchev–Trinajstić information content (AvgIpc) is 3.33. The highest BCUT2D eigenvalue weighted by molar-refractivity contribution is 7.17. The Balaban J connectivity index is 1.66. The Kier molecular flexibility index (Phi) is 4.70. The number of thiophene rings is 1. The molecule has 2 aromatic carbocycles. The van der Waals surface area contributed by atoms with Gasteiger partial charge in [0.1, 0.15) is 6.33 Å². The molecule has 0 bridgehead atoms. The van der Waals surface area contributed by atoms with E-state index in [1.165, 1.54) is 57.8 Å². The van der Waals surface area contributed by atoms with E-state index in [2.05, 4.69) is 69.5 Å². The van der Waals surface area contributed by atoms with Gasteiger partial charge in [-0.25, -0.2) is 9.97 Å². The fourth-order valence-corrected chi connectivity index (χ4v) is 6.20. The molecule has 0 N–H and O–H groups in total. The molecule has 0 spiro atoms. The van der Waals surface area contributed by atoms with Gasteiger partial charge >= 0.3 is 0 Å². The van der Waals surface area contributed by atoms with Gasteiger partial charge in [-0.3, -0.25) is 0 Å². The summed E-state index contributed by atoms with van der Waals surface area (Å²) in [5, 5.41) is 4.94. The highest BCUT2D eigenvalue weighted by atomic mass is 32.1. The molecule has 1 aliphatic rings. The summed E-state index contributed by atoms with van der Waals surface area (Å²) in [6.07, 6.45) is 8.30. The van der Waals surface area contributed by atoms with Crippen LogP contribution in [0.5, 0.6) is 0 Å². The van der Waals surface area contributed by atoms with E-state index in [-0.39, 0.29) is 5.41 Å². The summed E-state index contributed by atoms with van der Waals surface area (Å²) in [5.41, 5.74) is 6.71. The Morgan fingerprint density at radius 1 is 1.03 bits per heavy atom. The Labute approximate surface area is 183 Å². The van der Waals surface area contributed by atoms with Crippen molar-refractivity contribution in [3.63, 3.8) is 0 Å². The van der Waals surface area contributed by atoms with Crippen LogP contribution in [0.3, 0.4) is 0 Å². The van der Waals surface area contributed by atoms with Gasteiger partial charge in [0.15, 0.2) is 0 Å². The molecule has 5 rings (SSSR count). The number of nitrogens with zero attached hydrogens (tertiary/aromatic N) is 2. The van der Waals surface area contributed by atoms with Crippen molar-refractivity contribution in [1.29, 1.82) is 0 Å². The fraction of sp³-hybridized carbons (Fsp3) is 0.407. The van der Waals surface area contributed by atoms with E-state index in [1.54, 1.807) is 6.33 Å². The zero-order valence-electron chi connectivity index (χ0n) is 18.5. The van der Waals surface area contributed by atoms with Gasteiger partial charge in [0, 0.05) is 5.56 Å². The maximum absolute atomic E-state index is 4.77. The van der Waals surface area contributed by atoms with Crippen LogP contribution in [0.4, 0.5) is 0 Å². The maximum Gasteiger partial charge on any atom is 0.116 e. The molecule has 30 heavy (non-hydrogen) atoms. The van der Waals surface area contributed by atoms with E-state index in [4.69, 9.17) is 9.97 Å². The summed E-state index contributed by atoms with van der Waals surface area (Å²) in [6, 6.07) is 13.4. The molecule has 0 unspecified atom stereocenters. The zero-order chi connectivity index (χ0) is 20.9. The largest absolute Gasteiger partial charge is 0.235 e. The van der Waals surface area contributed by atoms with Crippen LogP contribution in [-0.4, -0.2) is 9.97 Å². The van der Waals surface area contributed by atoms with Crippen LogP contribution in [0.15, 0.2) is 48.1 Å². The summed E-state index contributed by atoms with van der Waals surface area (Å²) in [7, 11) is 0. The van der Waals surface area contributed by atoms with Crippen LogP contribution >= 0.6 is 11.3 Å². The third kappa shape index (κ3) is 3.43. The molecular formula is C27H30N2S. The Hall–Kier alpha value is -2.26. The Morgan fingerprint density at radius 2 is 1.80 bits per heavy atom. The van der Waals surface area contributed by atoms with Gasteiger partial charge in [-0.1, -0.05) is 64.8 Å². The van der Waals surface area contributed by atoms with Gasteiger partial charge in [-0.05, 0) is 69.5 Å². The topological polar surface area (TPSA) is 25.8 Å². The SMILES string of the molecule is CC1(Cc2csc3c(-c4cc(C(C)(C)C)c5ccccc5c4)ncnc23)CCCC1. The highest BCUT2D eigenvalue weighted by Crippen LogP contribution is 2.43. The minimum atomic E-state index is 0.0689. The smallest absolute Gasteiger partial charge is 0.116 e. The lowest BCUT2D eigenvalue weighted by Gasteiger charge is -2.23. The standard InChI is InChI=1S/C27H30N2S/c1-26(2,3)22-14-19(13-18-9-5-6-10-21(18)22)23-25-24(29-17-28-23)20(16-30-25)15-27(4)11-7-8-12-27/h5-6,9-10,13-14,16-17H,7-8,11-12,15H2,1-4H3. The Bertz CT molecular complexity index is 1220. The molecule has 0 radical (unpaired) electrons. The summed E-state index contributed by atoms with van der Waals surface area (Å²) >= 11 is 1.81. The number of aromatic nitrogens is 2. The first-order valence-electron chi connectivity index (χ1n) is 11.1. The molecule has 154 valence electrons. The minimum Gasteiger partial charge on any atom is -0.235 e. The second-order valence-corrected chi connectivity index (χ2v) is 11.2. The van der Waals surface area contributed by atoms with Crippen molar-refractivity contribution in [2.24, 2.45) is 5.41 Å². The van der Waals surface area contributed by atoms with E-state index in [1.807, 2.05) is 11.3 Å². The first kappa shape index (κ1) is 19.7. The molecular weight excluding hydrogens is 384 g/mol. The first-order valence-corrected chi connectivity index (χ1v) is 12.0. The fourth-order valence-electron chi connectivity index (χ4n) is 5.16. The number of fused-ring (bicyclic) bond motifs is 2. The summed E-state index contributed by atoms with van der Waals surface area (Å²) in [5.74, 6) is 0. The Morgan fingerprint density at radius 3 is 2.57 bits per heavy atom. The van der Waals surface area contributed by atoms with E-state index < -0.39 is 0 Å². The van der Waals surface area contributed by atoms with Crippen molar-refractivity contribution in [3.8, 4) is 11.3 Å². The van der Waals surface area contributed by atoms with Crippen molar-refractivity contribution in [3.05, 3.63) is 59.2 Å². The predicted molar refractivity (Wildman–Crippen MR) is 129 cm³/mol. The number of benzene rings is 2. The number of hydrogen-bond donors (Lipinski definition) is 0.